The zero-order chi connectivity index (χ0) is 11.9. The maximum absolute atomic E-state index is 12.7. The molecule has 0 spiro atoms. The summed E-state index contributed by atoms with van der Waals surface area (Å²) in [5, 5.41) is 12.2. The van der Waals surface area contributed by atoms with Crippen molar-refractivity contribution < 1.29 is 23.1 Å². The molecule has 0 atom stereocenters. The van der Waals surface area contributed by atoms with Crippen molar-refractivity contribution in [3.05, 3.63) is 17.0 Å². The van der Waals surface area contributed by atoms with Crippen LogP contribution in [0.25, 0.3) is 0 Å². The van der Waals surface area contributed by atoms with E-state index in [9.17, 15) is 18.0 Å². The molecule has 16 heavy (non-hydrogen) atoms. The lowest BCUT2D eigenvalue weighted by Gasteiger charge is -2.10. The number of carbonyl (C=O) groups is 1. The zero-order valence-electron chi connectivity index (χ0n) is 8.21. The van der Waals surface area contributed by atoms with E-state index in [4.69, 9.17) is 5.11 Å². The van der Waals surface area contributed by atoms with Gasteiger partial charge in [-0.05, 0) is 19.3 Å². The van der Waals surface area contributed by atoms with E-state index in [0.717, 1.165) is 0 Å². The molecular formula is C9H9F3N2O2. The molecule has 0 saturated heterocycles. The highest BCUT2D eigenvalue weighted by Crippen LogP contribution is 2.36. The van der Waals surface area contributed by atoms with Gasteiger partial charge in [-0.25, -0.2) is 4.68 Å². The third-order valence-electron chi connectivity index (χ3n) is 2.53. The van der Waals surface area contributed by atoms with Gasteiger partial charge in [-0.2, -0.15) is 18.3 Å². The number of carboxylic acid groups (broad SMARTS) is 1. The van der Waals surface area contributed by atoms with Crippen LogP contribution < -0.4 is 0 Å². The van der Waals surface area contributed by atoms with Gasteiger partial charge < -0.3 is 5.11 Å². The third-order valence-corrected chi connectivity index (χ3v) is 2.53. The molecule has 0 amide bonds. The quantitative estimate of drug-likeness (QED) is 0.843. The van der Waals surface area contributed by atoms with Gasteiger partial charge in [0.15, 0.2) is 0 Å². The standard InChI is InChI=1S/C9H9F3N2O2/c10-9(11,12)8-5-2-1-3-6(5)13-14(8)4-7(15)16/h1-4H2,(H,15,16). The molecule has 0 bridgehead atoms. The summed E-state index contributed by atoms with van der Waals surface area (Å²) in [6, 6.07) is 0. The van der Waals surface area contributed by atoms with E-state index < -0.39 is 24.4 Å². The summed E-state index contributed by atoms with van der Waals surface area (Å²) >= 11 is 0. The number of alkyl halides is 3. The lowest BCUT2D eigenvalue weighted by Crippen LogP contribution is -2.20. The second-order valence-corrected chi connectivity index (χ2v) is 3.68. The number of halogens is 3. The maximum Gasteiger partial charge on any atom is 0.433 e. The van der Waals surface area contributed by atoms with Crippen LogP contribution in [0.4, 0.5) is 13.2 Å². The number of fused-ring (bicyclic) bond motifs is 1. The minimum Gasteiger partial charge on any atom is -0.480 e. The first-order chi connectivity index (χ1) is 7.39. The highest BCUT2D eigenvalue weighted by molar-refractivity contribution is 5.66. The second-order valence-electron chi connectivity index (χ2n) is 3.68. The predicted octanol–water partition coefficient (Wildman–Crippen LogP) is 1.48. The fourth-order valence-electron chi connectivity index (χ4n) is 2.00. The summed E-state index contributed by atoms with van der Waals surface area (Å²) in [5.74, 6) is -1.33. The Labute approximate surface area is 88.7 Å². The van der Waals surface area contributed by atoms with Crippen LogP contribution in [-0.2, 0) is 30.4 Å². The third kappa shape index (κ3) is 1.77. The minimum atomic E-state index is -4.54. The van der Waals surface area contributed by atoms with Gasteiger partial charge in [0.25, 0.3) is 0 Å². The van der Waals surface area contributed by atoms with Gasteiger partial charge >= 0.3 is 12.1 Å². The summed E-state index contributed by atoms with van der Waals surface area (Å²) in [5.41, 5.74) is -0.357. The lowest BCUT2D eigenvalue weighted by molar-refractivity contribution is -0.147. The van der Waals surface area contributed by atoms with Crippen molar-refractivity contribution in [1.82, 2.24) is 9.78 Å². The van der Waals surface area contributed by atoms with Gasteiger partial charge in [-0.15, -0.1) is 0 Å². The largest absolute Gasteiger partial charge is 0.480 e. The summed E-state index contributed by atoms with van der Waals surface area (Å²) < 4.78 is 38.7. The van der Waals surface area contributed by atoms with Crippen molar-refractivity contribution in [3.8, 4) is 0 Å². The van der Waals surface area contributed by atoms with Crippen molar-refractivity contribution in [1.29, 1.82) is 0 Å². The Balaban J connectivity index is 2.49. The average Bonchev–Trinajstić information content (AvgIpc) is 2.58. The number of carboxylic acids is 1. The van der Waals surface area contributed by atoms with Gasteiger partial charge in [0.1, 0.15) is 12.2 Å². The van der Waals surface area contributed by atoms with Crippen LogP contribution >= 0.6 is 0 Å². The molecule has 1 N–H and O–H groups in total. The fraction of sp³-hybridized carbons (Fsp3) is 0.556. The van der Waals surface area contributed by atoms with Gasteiger partial charge in [0.2, 0.25) is 0 Å². The SMILES string of the molecule is O=C(O)Cn1nc2c(c1C(F)(F)F)CCC2. The van der Waals surface area contributed by atoms with Crippen LogP contribution in [-0.4, -0.2) is 20.9 Å². The molecule has 2 rings (SSSR count). The van der Waals surface area contributed by atoms with Crippen molar-refractivity contribution in [2.24, 2.45) is 0 Å². The van der Waals surface area contributed by atoms with Crippen molar-refractivity contribution in [3.63, 3.8) is 0 Å². The van der Waals surface area contributed by atoms with E-state index in [0.29, 0.717) is 29.6 Å². The van der Waals surface area contributed by atoms with E-state index in [-0.39, 0.29) is 5.56 Å². The molecule has 7 heteroatoms. The molecule has 1 aromatic heterocycles. The maximum atomic E-state index is 12.7. The van der Waals surface area contributed by atoms with Crippen LogP contribution in [0.1, 0.15) is 23.4 Å². The van der Waals surface area contributed by atoms with Gasteiger partial charge in [-0.3, -0.25) is 4.79 Å². The Morgan fingerprint density at radius 1 is 1.44 bits per heavy atom. The van der Waals surface area contributed by atoms with Crippen LogP contribution in [0.5, 0.6) is 0 Å². The first-order valence-electron chi connectivity index (χ1n) is 4.77. The Morgan fingerprint density at radius 3 is 2.69 bits per heavy atom. The number of aliphatic carboxylic acids is 1. The highest BCUT2D eigenvalue weighted by Gasteiger charge is 2.41. The monoisotopic (exact) mass is 234 g/mol. The summed E-state index contributed by atoms with van der Waals surface area (Å²) in [4.78, 5) is 10.4. The minimum absolute atomic E-state index is 0.161. The molecule has 1 aliphatic rings. The zero-order valence-corrected chi connectivity index (χ0v) is 8.21. The number of nitrogens with zero attached hydrogens (tertiary/aromatic N) is 2. The van der Waals surface area contributed by atoms with Gasteiger partial charge in [-0.1, -0.05) is 0 Å². The van der Waals surface area contributed by atoms with Crippen LogP contribution in [0.3, 0.4) is 0 Å². The molecule has 1 aromatic rings. The Bertz CT molecular complexity index is 437. The molecule has 1 aliphatic carbocycles. The van der Waals surface area contributed by atoms with Gasteiger partial charge in [0, 0.05) is 5.56 Å². The Hall–Kier alpha value is -1.53. The number of hydrogen-bond donors (Lipinski definition) is 1. The predicted molar refractivity (Wildman–Crippen MR) is 46.9 cm³/mol. The first kappa shape index (κ1) is 11.0. The van der Waals surface area contributed by atoms with E-state index in [1.807, 2.05) is 0 Å². The normalized spacial score (nSPS) is 15.2. The molecule has 88 valence electrons. The molecule has 0 aliphatic heterocycles. The molecular weight excluding hydrogens is 225 g/mol. The Morgan fingerprint density at radius 2 is 2.12 bits per heavy atom. The summed E-state index contributed by atoms with van der Waals surface area (Å²) in [7, 11) is 0. The van der Waals surface area contributed by atoms with Crippen LogP contribution in [0.2, 0.25) is 0 Å². The molecule has 0 fully saturated rings. The molecule has 0 aromatic carbocycles. The first-order valence-corrected chi connectivity index (χ1v) is 4.77. The smallest absolute Gasteiger partial charge is 0.433 e. The lowest BCUT2D eigenvalue weighted by atomic mass is 10.2. The highest BCUT2D eigenvalue weighted by atomic mass is 19.4. The van der Waals surface area contributed by atoms with Gasteiger partial charge in [0.05, 0.1) is 5.69 Å². The molecule has 0 radical (unpaired) electrons. The number of rotatable bonds is 2. The topological polar surface area (TPSA) is 55.1 Å². The van der Waals surface area contributed by atoms with Crippen molar-refractivity contribution in [2.45, 2.75) is 32.0 Å². The number of aryl methyl sites for hydroxylation is 1. The molecule has 0 unspecified atom stereocenters. The average molecular weight is 234 g/mol. The number of hydrogen-bond acceptors (Lipinski definition) is 2. The van der Waals surface area contributed by atoms with E-state index in [1.54, 1.807) is 0 Å². The molecule has 1 heterocycles. The van der Waals surface area contributed by atoms with Crippen LogP contribution in [0.15, 0.2) is 0 Å². The van der Waals surface area contributed by atoms with E-state index in [1.165, 1.54) is 0 Å². The van der Waals surface area contributed by atoms with E-state index >= 15 is 0 Å². The second kappa shape index (κ2) is 3.50. The summed E-state index contributed by atoms with van der Waals surface area (Å²) in [6.07, 6.45) is -3.08. The summed E-state index contributed by atoms with van der Waals surface area (Å²) in [6.45, 7) is -0.748. The molecule has 4 nitrogen and oxygen atoms in total. The van der Waals surface area contributed by atoms with E-state index in [2.05, 4.69) is 5.10 Å². The van der Waals surface area contributed by atoms with Crippen molar-refractivity contribution >= 4 is 5.97 Å². The Kier molecular flexibility index (Phi) is 2.40. The molecule has 0 saturated carbocycles. The number of aromatic nitrogens is 2. The van der Waals surface area contributed by atoms with Crippen molar-refractivity contribution in [2.75, 3.05) is 0 Å². The van der Waals surface area contributed by atoms with Crippen LogP contribution in [0, 0.1) is 0 Å². The fourth-order valence-corrected chi connectivity index (χ4v) is 2.00.